The predicted octanol–water partition coefficient (Wildman–Crippen LogP) is 14.0. The fourth-order valence-corrected chi connectivity index (χ4v) is 12.2. The van der Waals surface area contributed by atoms with Crippen LogP contribution in [0.1, 0.15) is 0 Å². The highest BCUT2D eigenvalue weighted by Gasteiger charge is 2.37. The van der Waals surface area contributed by atoms with E-state index in [9.17, 15) is 0 Å². The van der Waals surface area contributed by atoms with Gasteiger partial charge in [-0.15, -0.1) is 0 Å². The zero-order chi connectivity index (χ0) is 42.3. The first-order valence-electron chi connectivity index (χ1n) is 21.6. The third-order valence-corrected chi connectivity index (χ3v) is 16.1. The van der Waals surface area contributed by atoms with Gasteiger partial charge in [0.2, 0.25) is 0 Å². The van der Waals surface area contributed by atoms with Crippen molar-refractivity contribution in [3.05, 3.63) is 224 Å². The van der Waals surface area contributed by atoms with Gasteiger partial charge < -0.3 is 0 Å². The SMILES string of the molecule is C[Si]1(C)c2ccccc2-c2cc(-c3cccc(-c4cccc(-c5ccc(-c6nc(-c7cccc(-c8ccccc8)c7)nc(-c7cccc(-c8ccccc8)c7)n6)cc5)c4)c3)ccc21. The number of fused-ring (bicyclic) bond motifs is 3. The summed E-state index contributed by atoms with van der Waals surface area (Å²) in [5.41, 5.74) is 17.2. The number of hydrogen-bond donors (Lipinski definition) is 0. The minimum atomic E-state index is -1.70. The van der Waals surface area contributed by atoms with Crippen molar-refractivity contribution in [1.29, 1.82) is 0 Å². The lowest BCUT2D eigenvalue weighted by Gasteiger charge is -2.18. The Morgan fingerprint density at radius 1 is 0.238 bits per heavy atom. The van der Waals surface area contributed by atoms with Crippen LogP contribution in [0.3, 0.4) is 0 Å². The molecular formula is C59H43N3Si. The second-order valence-electron chi connectivity index (χ2n) is 16.9. The van der Waals surface area contributed by atoms with Crippen molar-refractivity contribution in [2.45, 2.75) is 13.1 Å². The summed E-state index contributed by atoms with van der Waals surface area (Å²) in [4.78, 5) is 15.3. The second-order valence-corrected chi connectivity index (χ2v) is 21.2. The van der Waals surface area contributed by atoms with Crippen LogP contribution in [-0.4, -0.2) is 23.0 Å². The van der Waals surface area contributed by atoms with E-state index in [-0.39, 0.29) is 0 Å². The van der Waals surface area contributed by atoms with E-state index in [0.717, 1.165) is 50.1 Å². The summed E-state index contributed by atoms with van der Waals surface area (Å²) < 4.78 is 0. The molecule has 0 aliphatic carbocycles. The van der Waals surface area contributed by atoms with Gasteiger partial charge in [-0.25, -0.2) is 15.0 Å². The number of aromatic nitrogens is 3. The Kier molecular flexibility index (Phi) is 9.64. The molecule has 63 heavy (non-hydrogen) atoms. The monoisotopic (exact) mass is 821 g/mol. The average Bonchev–Trinajstić information content (AvgIpc) is 3.59. The largest absolute Gasteiger partial charge is 0.208 e. The summed E-state index contributed by atoms with van der Waals surface area (Å²) in [5, 5.41) is 3.06. The molecule has 10 aromatic rings. The summed E-state index contributed by atoms with van der Waals surface area (Å²) in [6, 6.07) is 80.2. The molecule has 11 rings (SSSR count). The van der Waals surface area contributed by atoms with Crippen molar-refractivity contribution in [3.8, 4) is 101 Å². The number of hydrogen-bond acceptors (Lipinski definition) is 3. The normalized spacial score (nSPS) is 12.4. The number of rotatable bonds is 8. The smallest absolute Gasteiger partial charge is 0.164 e. The molecular weight excluding hydrogens is 779 g/mol. The van der Waals surface area contributed by atoms with Gasteiger partial charge in [-0.1, -0.05) is 207 Å². The first-order chi connectivity index (χ1) is 30.9. The van der Waals surface area contributed by atoms with Gasteiger partial charge in [-0.3, -0.25) is 0 Å². The molecule has 1 aromatic heterocycles. The van der Waals surface area contributed by atoms with E-state index in [4.69, 9.17) is 15.0 Å². The highest BCUT2D eigenvalue weighted by Crippen LogP contribution is 2.35. The average molecular weight is 822 g/mol. The lowest BCUT2D eigenvalue weighted by Crippen LogP contribution is -2.49. The van der Waals surface area contributed by atoms with Gasteiger partial charge in [0.15, 0.2) is 17.5 Å². The molecule has 0 saturated carbocycles. The van der Waals surface area contributed by atoms with Crippen LogP contribution in [0.4, 0.5) is 0 Å². The molecule has 0 spiro atoms. The predicted molar refractivity (Wildman–Crippen MR) is 266 cm³/mol. The van der Waals surface area contributed by atoms with Crippen molar-refractivity contribution in [2.75, 3.05) is 0 Å². The summed E-state index contributed by atoms with van der Waals surface area (Å²) in [6.45, 7) is 4.94. The molecule has 0 fully saturated rings. The van der Waals surface area contributed by atoms with Crippen LogP contribution in [0.15, 0.2) is 224 Å². The number of benzene rings is 9. The van der Waals surface area contributed by atoms with E-state index < -0.39 is 8.07 Å². The fourth-order valence-electron chi connectivity index (χ4n) is 9.17. The highest BCUT2D eigenvalue weighted by molar-refractivity contribution is 7.03. The van der Waals surface area contributed by atoms with Gasteiger partial charge >= 0.3 is 0 Å². The van der Waals surface area contributed by atoms with E-state index in [1.807, 2.05) is 12.1 Å². The molecule has 0 bridgehead atoms. The van der Waals surface area contributed by atoms with Crippen LogP contribution in [0.2, 0.25) is 13.1 Å². The van der Waals surface area contributed by atoms with E-state index in [1.54, 1.807) is 0 Å². The Morgan fingerprint density at radius 3 is 1.06 bits per heavy atom. The van der Waals surface area contributed by atoms with E-state index in [1.165, 1.54) is 43.8 Å². The molecule has 4 heteroatoms. The lowest BCUT2D eigenvalue weighted by molar-refractivity contribution is 1.07. The minimum absolute atomic E-state index is 0.628. The molecule has 1 aliphatic rings. The first kappa shape index (κ1) is 38.2. The topological polar surface area (TPSA) is 38.7 Å². The van der Waals surface area contributed by atoms with Crippen molar-refractivity contribution >= 4 is 18.4 Å². The Hall–Kier alpha value is -7.79. The standard InChI is InChI=1S/C59H43N3Si/c1-63(2)55-28-10-9-27-53(55)54-39-50(33-34-56(54)63)49-24-12-23-48(36-49)47-22-11-19-44(35-47)42-29-31-43(32-30-42)57-60-58(51-25-13-20-45(37-51)40-15-5-3-6-16-40)62-59(61-57)52-26-14-21-46(38-52)41-17-7-4-8-18-41/h3-39H,1-2H3. The molecule has 0 amide bonds. The Balaban J connectivity index is 0.924. The molecule has 0 atom stereocenters. The van der Waals surface area contributed by atoms with E-state index in [0.29, 0.717) is 17.5 Å². The van der Waals surface area contributed by atoms with Gasteiger partial charge in [-0.2, -0.15) is 0 Å². The fraction of sp³-hybridized carbons (Fsp3) is 0.0339. The van der Waals surface area contributed by atoms with Crippen LogP contribution in [-0.2, 0) is 0 Å². The third kappa shape index (κ3) is 7.31. The van der Waals surface area contributed by atoms with E-state index in [2.05, 4.69) is 225 Å². The van der Waals surface area contributed by atoms with Gasteiger partial charge in [0.25, 0.3) is 0 Å². The molecule has 1 aliphatic heterocycles. The maximum absolute atomic E-state index is 5.12. The summed E-state index contributed by atoms with van der Waals surface area (Å²) in [7, 11) is -1.70. The maximum Gasteiger partial charge on any atom is 0.164 e. The summed E-state index contributed by atoms with van der Waals surface area (Å²) in [5.74, 6) is 1.89. The van der Waals surface area contributed by atoms with Gasteiger partial charge in [0.1, 0.15) is 8.07 Å². The molecule has 3 nitrogen and oxygen atoms in total. The third-order valence-electron chi connectivity index (χ3n) is 12.5. The molecule has 0 N–H and O–H groups in total. The van der Waals surface area contributed by atoms with Crippen molar-refractivity contribution in [3.63, 3.8) is 0 Å². The molecule has 2 heterocycles. The molecule has 9 aromatic carbocycles. The first-order valence-corrected chi connectivity index (χ1v) is 24.6. The maximum atomic E-state index is 5.12. The van der Waals surface area contributed by atoms with Crippen molar-refractivity contribution in [1.82, 2.24) is 15.0 Å². The summed E-state index contributed by atoms with van der Waals surface area (Å²) >= 11 is 0. The van der Waals surface area contributed by atoms with Crippen LogP contribution in [0, 0.1) is 0 Å². The van der Waals surface area contributed by atoms with Crippen LogP contribution in [0.25, 0.3) is 101 Å². The van der Waals surface area contributed by atoms with Crippen LogP contribution in [0.5, 0.6) is 0 Å². The van der Waals surface area contributed by atoms with Crippen LogP contribution >= 0.6 is 0 Å². The molecule has 0 unspecified atom stereocenters. The zero-order valence-corrected chi connectivity index (χ0v) is 36.2. The second kappa shape index (κ2) is 15.9. The van der Waals surface area contributed by atoms with Gasteiger partial charge in [0, 0.05) is 16.7 Å². The molecule has 0 saturated heterocycles. The Labute approximate surface area is 370 Å². The van der Waals surface area contributed by atoms with Gasteiger partial charge in [0.05, 0.1) is 0 Å². The van der Waals surface area contributed by atoms with Crippen molar-refractivity contribution < 1.29 is 0 Å². The van der Waals surface area contributed by atoms with Crippen molar-refractivity contribution in [2.24, 2.45) is 0 Å². The van der Waals surface area contributed by atoms with Gasteiger partial charge in [-0.05, 0) is 107 Å². The quantitative estimate of drug-likeness (QED) is 0.143. The zero-order valence-electron chi connectivity index (χ0n) is 35.2. The number of nitrogens with zero attached hydrogens (tertiary/aromatic N) is 3. The minimum Gasteiger partial charge on any atom is -0.208 e. The summed E-state index contributed by atoms with van der Waals surface area (Å²) in [6.07, 6.45) is 0. The molecule has 0 radical (unpaired) electrons. The van der Waals surface area contributed by atoms with Crippen LogP contribution < -0.4 is 10.4 Å². The molecule has 298 valence electrons. The Morgan fingerprint density at radius 2 is 0.556 bits per heavy atom. The lowest BCUT2D eigenvalue weighted by atomic mass is 9.94. The van der Waals surface area contributed by atoms with E-state index >= 15 is 0 Å². The Bertz CT molecular complexity index is 3200. The highest BCUT2D eigenvalue weighted by atomic mass is 28.3.